The van der Waals surface area contributed by atoms with E-state index in [1.165, 1.54) is 5.56 Å². The Balaban J connectivity index is 1.63. The summed E-state index contributed by atoms with van der Waals surface area (Å²) < 4.78 is 7.29. The van der Waals surface area contributed by atoms with Crippen molar-refractivity contribution in [3.05, 3.63) is 34.2 Å². The van der Waals surface area contributed by atoms with Crippen molar-refractivity contribution in [3.8, 4) is 0 Å². The number of aryl methyl sites for hydroxylation is 2. The average Bonchev–Trinajstić information content (AvgIpc) is 2.83. The maximum absolute atomic E-state index is 11.8. The van der Waals surface area contributed by atoms with Crippen molar-refractivity contribution in [2.24, 2.45) is 12.8 Å². The van der Waals surface area contributed by atoms with Crippen LogP contribution >= 0.6 is 0 Å². The number of aromatic amines is 1. The van der Waals surface area contributed by atoms with Gasteiger partial charge in [-0.05, 0) is 31.0 Å². The Morgan fingerprint density at radius 2 is 2.32 bits per heavy atom. The lowest BCUT2D eigenvalue weighted by atomic mass is 10.1. The molecule has 2 aromatic rings. The van der Waals surface area contributed by atoms with Crippen LogP contribution in [0.1, 0.15) is 12.0 Å². The van der Waals surface area contributed by atoms with Crippen molar-refractivity contribution < 1.29 is 4.74 Å². The Morgan fingerprint density at radius 1 is 1.45 bits per heavy atom. The first-order chi connectivity index (χ1) is 10.7. The molecule has 0 spiro atoms. The first kappa shape index (κ1) is 15.3. The zero-order valence-corrected chi connectivity index (χ0v) is 13.0. The highest BCUT2D eigenvalue weighted by Crippen LogP contribution is 2.17. The van der Waals surface area contributed by atoms with Gasteiger partial charge in [0.2, 0.25) is 0 Å². The number of morpholine rings is 1. The highest BCUT2D eigenvalue weighted by Gasteiger charge is 2.18. The van der Waals surface area contributed by atoms with Gasteiger partial charge in [0.1, 0.15) is 0 Å². The molecule has 0 amide bonds. The fourth-order valence-corrected chi connectivity index (χ4v) is 3.21. The molecule has 2 heterocycles. The number of hydrogen-bond acceptors (Lipinski definition) is 4. The number of aromatic nitrogens is 2. The largest absolute Gasteiger partial charge is 0.374 e. The molecule has 6 nitrogen and oxygen atoms in total. The second-order valence-electron chi connectivity index (χ2n) is 5.94. The zero-order valence-electron chi connectivity index (χ0n) is 13.0. The zero-order chi connectivity index (χ0) is 15.5. The molecule has 1 atom stereocenters. The summed E-state index contributed by atoms with van der Waals surface area (Å²) in [5.74, 6) is 0. The van der Waals surface area contributed by atoms with E-state index in [9.17, 15) is 4.79 Å². The molecule has 22 heavy (non-hydrogen) atoms. The highest BCUT2D eigenvalue weighted by atomic mass is 16.5. The Kier molecular flexibility index (Phi) is 4.61. The van der Waals surface area contributed by atoms with Crippen LogP contribution in [0, 0.1) is 0 Å². The second kappa shape index (κ2) is 6.64. The molecule has 1 aliphatic rings. The van der Waals surface area contributed by atoms with Gasteiger partial charge in [-0.1, -0.05) is 12.1 Å². The molecule has 3 N–H and O–H groups in total. The molecule has 0 bridgehead atoms. The number of imidazole rings is 1. The molecule has 1 fully saturated rings. The van der Waals surface area contributed by atoms with Crippen LogP contribution in [0.4, 0.5) is 0 Å². The minimum atomic E-state index is -0.0542. The standard InChI is InChI=1S/C16H24N4O2/c1-19-15-12(4-2-6-14(15)18-16(19)21)5-3-7-20-8-9-22-13(10-17)11-20/h2,4,6,13H,3,5,7-11,17H2,1H3,(H,18,21)/t13-/m1/s1. The van der Waals surface area contributed by atoms with Crippen molar-refractivity contribution in [2.75, 3.05) is 32.8 Å². The number of ether oxygens (including phenoxy) is 1. The molecule has 3 rings (SSSR count). The number of rotatable bonds is 5. The second-order valence-corrected chi connectivity index (χ2v) is 5.94. The summed E-state index contributed by atoms with van der Waals surface area (Å²) in [5, 5.41) is 0. The van der Waals surface area contributed by atoms with E-state index in [4.69, 9.17) is 10.5 Å². The molecule has 1 aliphatic heterocycles. The van der Waals surface area contributed by atoms with Gasteiger partial charge in [-0.15, -0.1) is 0 Å². The Bertz CT molecular complexity index is 691. The van der Waals surface area contributed by atoms with Gasteiger partial charge in [-0.3, -0.25) is 9.47 Å². The van der Waals surface area contributed by atoms with E-state index >= 15 is 0 Å². The quantitative estimate of drug-likeness (QED) is 0.841. The van der Waals surface area contributed by atoms with E-state index in [2.05, 4.69) is 16.0 Å². The molecule has 6 heteroatoms. The van der Waals surface area contributed by atoms with Gasteiger partial charge >= 0.3 is 5.69 Å². The van der Waals surface area contributed by atoms with Gasteiger partial charge in [0.05, 0.1) is 23.7 Å². The normalized spacial score (nSPS) is 19.8. The monoisotopic (exact) mass is 304 g/mol. The van der Waals surface area contributed by atoms with Crippen LogP contribution < -0.4 is 11.4 Å². The van der Waals surface area contributed by atoms with Gasteiger partial charge in [-0.2, -0.15) is 0 Å². The maximum atomic E-state index is 11.8. The van der Waals surface area contributed by atoms with Gasteiger partial charge in [0, 0.05) is 26.7 Å². The Hall–Kier alpha value is -1.63. The summed E-state index contributed by atoms with van der Waals surface area (Å²) in [5.41, 5.74) is 8.79. The fraction of sp³-hybridized carbons (Fsp3) is 0.562. The number of para-hydroxylation sites is 1. The van der Waals surface area contributed by atoms with Crippen LogP contribution in [-0.2, 0) is 18.2 Å². The molecule has 0 saturated carbocycles. The lowest BCUT2D eigenvalue weighted by Crippen LogP contribution is -2.45. The van der Waals surface area contributed by atoms with Gasteiger partial charge < -0.3 is 15.5 Å². The van der Waals surface area contributed by atoms with Crippen molar-refractivity contribution in [1.82, 2.24) is 14.5 Å². The molecule has 1 aromatic carbocycles. The number of benzene rings is 1. The smallest absolute Gasteiger partial charge is 0.326 e. The minimum Gasteiger partial charge on any atom is -0.374 e. The number of nitrogens with two attached hydrogens (primary N) is 1. The minimum absolute atomic E-state index is 0.0542. The summed E-state index contributed by atoms with van der Waals surface area (Å²) in [6.45, 7) is 4.28. The first-order valence-electron chi connectivity index (χ1n) is 7.89. The summed E-state index contributed by atoms with van der Waals surface area (Å²) in [6.07, 6.45) is 2.20. The summed E-state index contributed by atoms with van der Waals surface area (Å²) in [4.78, 5) is 17.1. The molecular weight excluding hydrogens is 280 g/mol. The van der Waals surface area contributed by atoms with Crippen molar-refractivity contribution in [2.45, 2.75) is 18.9 Å². The number of H-pyrrole nitrogens is 1. The van der Waals surface area contributed by atoms with Gasteiger partial charge in [-0.25, -0.2) is 4.79 Å². The highest BCUT2D eigenvalue weighted by molar-refractivity contribution is 5.78. The van der Waals surface area contributed by atoms with E-state index in [-0.39, 0.29) is 11.8 Å². The maximum Gasteiger partial charge on any atom is 0.326 e. The fourth-order valence-electron chi connectivity index (χ4n) is 3.21. The lowest BCUT2D eigenvalue weighted by molar-refractivity contribution is -0.0232. The lowest BCUT2D eigenvalue weighted by Gasteiger charge is -2.32. The molecule has 1 saturated heterocycles. The van der Waals surface area contributed by atoms with Crippen LogP contribution in [-0.4, -0.2) is 53.3 Å². The Morgan fingerprint density at radius 3 is 3.14 bits per heavy atom. The third-order valence-corrected chi connectivity index (χ3v) is 4.41. The van der Waals surface area contributed by atoms with E-state index in [0.717, 1.165) is 50.1 Å². The molecule has 120 valence electrons. The number of nitrogens with zero attached hydrogens (tertiary/aromatic N) is 2. The molecule has 0 aliphatic carbocycles. The third kappa shape index (κ3) is 3.09. The van der Waals surface area contributed by atoms with Crippen LogP contribution in [0.3, 0.4) is 0 Å². The van der Waals surface area contributed by atoms with Crippen LogP contribution in [0.5, 0.6) is 0 Å². The molecule has 0 unspecified atom stereocenters. The number of fused-ring (bicyclic) bond motifs is 1. The molecular formula is C16H24N4O2. The summed E-state index contributed by atoms with van der Waals surface area (Å²) >= 11 is 0. The third-order valence-electron chi connectivity index (χ3n) is 4.41. The average molecular weight is 304 g/mol. The van der Waals surface area contributed by atoms with E-state index in [0.29, 0.717) is 6.54 Å². The Labute approximate surface area is 129 Å². The van der Waals surface area contributed by atoms with E-state index < -0.39 is 0 Å². The first-order valence-corrected chi connectivity index (χ1v) is 7.89. The predicted octanol–water partition coefficient (Wildman–Crippen LogP) is 0.459. The topological polar surface area (TPSA) is 76.3 Å². The SMILES string of the molecule is Cn1c(=O)[nH]c2cccc(CCCN3CCO[C@H](CN)C3)c21. The van der Waals surface area contributed by atoms with Crippen molar-refractivity contribution >= 4 is 11.0 Å². The number of hydrogen-bond donors (Lipinski definition) is 2. The molecule has 0 radical (unpaired) electrons. The van der Waals surface area contributed by atoms with Crippen molar-refractivity contribution in [3.63, 3.8) is 0 Å². The van der Waals surface area contributed by atoms with Gasteiger partial charge in [0.15, 0.2) is 0 Å². The van der Waals surface area contributed by atoms with Crippen LogP contribution in [0.25, 0.3) is 11.0 Å². The summed E-state index contributed by atoms with van der Waals surface area (Å²) in [7, 11) is 1.82. The summed E-state index contributed by atoms with van der Waals surface area (Å²) in [6, 6.07) is 6.07. The molecule has 1 aromatic heterocycles. The van der Waals surface area contributed by atoms with Crippen molar-refractivity contribution in [1.29, 1.82) is 0 Å². The van der Waals surface area contributed by atoms with Crippen LogP contribution in [0.2, 0.25) is 0 Å². The predicted molar refractivity (Wildman–Crippen MR) is 87.1 cm³/mol. The van der Waals surface area contributed by atoms with Gasteiger partial charge in [0.25, 0.3) is 0 Å². The van der Waals surface area contributed by atoms with Crippen LogP contribution in [0.15, 0.2) is 23.0 Å². The van der Waals surface area contributed by atoms with E-state index in [1.54, 1.807) is 4.57 Å². The number of nitrogens with one attached hydrogen (secondary N) is 1. The van der Waals surface area contributed by atoms with E-state index in [1.807, 2.05) is 19.2 Å².